The van der Waals surface area contributed by atoms with E-state index in [1.807, 2.05) is 12.1 Å². The Bertz CT molecular complexity index is 1010. The average Bonchev–Trinajstić information content (AvgIpc) is 2.75. The fourth-order valence-electron chi connectivity index (χ4n) is 3.11. The number of rotatable bonds is 4. The van der Waals surface area contributed by atoms with Crippen LogP contribution in [-0.4, -0.2) is 4.55 Å². The van der Waals surface area contributed by atoms with Crippen LogP contribution >= 0.6 is 0 Å². The van der Waals surface area contributed by atoms with Gasteiger partial charge in [0.25, 0.3) is 0 Å². The van der Waals surface area contributed by atoms with E-state index in [0.29, 0.717) is 22.3 Å². The molecule has 0 bridgehead atoms. The van der Waals surface area contributed by atoms with E-state index in [1.54, 1.807) is 72.8 Å². The Hall–Kier alpha value is -2.95. The monoisotopic (exact) mass is 390 g/mol. The Morgan fingerprint density at radius 2 is 0.893 bits per heavy atom. The van der Waals surface area contributed by atoms with Crippen LogP contribution in [0, 0.1) is 11.6 Å². The zero-order valence-electron chi connectivity index (χ0n) is 14.8. The summed E-state index contributed by atoms with van der Waals surface area (Å²) in [5.74, 6) is -1.20. The molecule has 0 aliphatic heterocycles. The van der Waals surface area contributed by atoms with Crippen molar-refractivity contribution in [3.8, 4) is 22.3 Å². The number of halogens is 2. The fraction of sp³-hybridized carbons (Fsp3) is 0. The summed E-state index contributed by atoms with van der Waals surface area (Å²) in [7, 11) is 0. The molecule has 0 unspecified atom stereocenters. The van der Waals surface area contributed by atoms with Crippen molar-refractivity contribution < 1.29 is 13.3 Å². The first-order valence-electron chi connectivity index (χ1n) is 8.76. The van der Waals surface area contributed by atoms with Crippen molar-refractivity contribution in [3.05, 3.63) is 109 Å². The van der Waals surface area contributed by atoms with Gasteiger partial charge in [-0.25, -0.2) is 8.78 Å². The van der Waals surface area contributed by atoms with Gasteiger partial charge in [-0.3, -0.25) is 0 Å². The molecule has 4 heteroatoms. The molecular formula is C24H16F2OS. The van der Waals surface area contributed by atoms with Crippen molar-refractivity contribution in [2.24, 2.45) is 0 Å². The Balaban J connectivity index is 1.78. The van der Waals surface area contributed by atoms with Gasteiger partial charge in [0.15, 0.2) is 21.4 Å². The maximum absolute atomic E-state index is 15.1. The van der Waals surface area contributed by atoms with Gasteiger partial charge in [0.1, 0.15) is 0 Å². The van der Waals surface area contributed by atoms with Crippen molar-refractivity contribution in [2.45, 2.75) is 9.79 Å². The number of hydrogen-bond acceptors (Lipinski definition) is 1. The lowest BCUT2D eigenvalue weighted by Gasteiger charge is -2.15. The van der Waals surface area contributed by atoms with E-state index in [4.69, 9.17) is 0 Å². The Labute approximate surface area is 165 Å². The molecule has 0 amide bonds. The zero-order chi connectivity index (χ0) is 19.5. The SMILES string of the molecule is [O-][S+](c1cccc(-c2ccccc2)c1F)c1cccc(-c2ccccc2)c1F. The van der Waals surface area contributed by atoms with Crippen molar-refractivity contribution in [1.29, 1.82) is 0 Å². The highest BCUT2D eigenvalue weighted by Gasteiger charge is 2.27. The van der Waals surface area contributed by atoms with Gasteiger partial charge in [0.2, 0.25) is 0 Å². The minimum Gasteiger partial charge on any atom is -0.606 e. The van der Waals surface area contributed by atoms with Crippen LogP contribution in [-0.2, 0) is 11.2 Å². The van der Waals surface area contributed by atoms with Crippen molar-refractivity contribution in [2.75, 3.05) is 0 Å². The van der Waals surface area contributed by atoms with E-state index in [0.717, 1.165) is 0 Å². The topological polar surface area (TPSA) is 23.1 Å². The molecule has 138 valence electrons. The van der Waals surface area contributed by atoms with Crippen LogP contribution in [0.1, 0.15) is 0 Å². The average molecular weight is 390 g/mol. The molecule has 0 N–H and O–H groups in total. The van der Waals surface area contributed by atoms with Crippen molar-refractivity contribution in [3.63, 3.8) is 0 Å². The first kappa shape index (κ1) is 18.4. The number of hydrogen-bond donors (Lipinski definition) is 0. The summed E-state index contributed by atoms with van der Waals surface area (Å²) in [5.41, 5.74) is 2.03. The molecule has 0 aromatic heterocycles. The smallest absolute Gasteiger partial charge is 0.194 e. The van der Waals surface area contributed by atoms with Crippen LogP contribution in [0.5, 0.6) is 0 Å². The molecule has 0 saturated heterocycles. The van der Waals surface area contributed by atoms with Crippen molar-refractivity contribution in [1.82, 2.24) is 0 Å². The molecule has 1 nitrogen and oxygen atoms in total. The lowest BCUT2D eigenvalue weighted by atomic mass is 10.1. The Morgan fingerprint density at radius 1 is 0.500 bits per heavy atom. The fourth-order valence-corrected chi connectivity index (χ4v) is 4.29. The Morgan fingerprint density at radius 3 is 1.29 bits per heavy atom. The van der Waals surface area contributed by atoms with Crippen LogP contribution in [0.15, 0.2) is 107 Å². The molecule has 0 heterocycles. The van der Waals surface area contributed by atoms with Crippen molar-refractivity contribution >= 4 is 11.2 Å². The largest absolute Gasteiger partial charge is 0.606 e. The molecule has 0 spiro atoms. The third-order valence-electron chi connectivity index (χ3n) is 4.50. The highest BCUT2D eigenvalue weighted by Crippen LogP contribution is 2.34. The van der Waals surface area contributed by atoms with E-state index in [9.17, 15) is 4.55 Å². The van der Waals surface area contributed by atoms with Gasteiger partial charge in [-0.1, -0.05) is 84.9 Å². The normalized spacial score (nSPS) is 11.0. The molecule has 28 heavy (non-hydrogen) atoms. The summed E-state index contributed by atoms with van der Waals surface area (Å²) >= 11 is -1.99. The second kappa shape index (κ2) is 7.97. The summed E-state index contributed by atoms with van der Waals surface area (Å²) in [4.78, 5) is -0.0732. The van der Waals surface area contributed by atoms with Crippen LogP contribution in [0.2, 0.25) is 0 Å². The van der Waals surface area contributed by atoms with Gasteiger partial charge < -0.3 is 4.55 Å². The van der Waals surface area contributed by atoms with Gasteiger partial charge in [-0.05, 0) is 23.3 Å². The first-order chi connectivity index (χ1) is 13.7. The lowest BCUT2D eigenvalue weighted by Crippen LogP contribution is -2.08. The van der Waals surface area contributed by atoms with E-state index < -0.39 is 22.8 Å². The third kappa shape index (κ3) is 3.44. The maximum Gasteiger partial charge on any atom is 0.194 e. The lowest BCUT2D eigenvalue weighted by molar-refractivity contribution is 0.553. The predicted octanol–water partition coefficient (Wildman–Crippen LogP) is 6.47. The molecular weight excluding hydrogens is 374 g/mol. The quantitative estimate of drug-likeness (QED) is 0.367. The summed E-state index contributed by atoms with van der Waals surface area (Å²) in [6.45, 7) is 0. The minimum absolute atomic E-state index is 0.0366. The first-order valence-corrected chi connectivity index (χ1v) is 9.91. The summed E-state index contributed by atoms with van der Waals surface area (Å²) < 4.78 is 43.4. The van der Waals surface area contributed by atoms with Gasteiger partial charge in [0, 0.05) is 22.3 Å². The summed E-state index contributed by atoms with van der Waals surface area (Å²) in [5, 5.41) is 0. The zero-order valence-corrected chi connectivity index (χ0v) is 15.6. The molecule has 0 aliphatic carbocycles. The molecule has 4 rings (SSSR count). The van der Waals surface area contributed by atoms with Gasteiger partial charge in [-0.15, -0.1) is 0 Å². The second-order valence-electron chi connectivity index (χ2n) is 6.24. The molecule has 0 fully saturated rings. The standard InChI is InChI=1S/C24H16F2OS/c25-23-19(17-9-3-1-4-10-17)13-7-15-21(23)28(27)22-16-8-14-20(24(22)26)18-11-5-2-6-12-18/h1-16H. The second-order valence-corrected chi connectivity index (χ2v) is 7.65. The maximum atomic E-state index is 15.1. The third-order valence-corrected chi connectivity index (χ3v) is 5.93. The van der Waals surface area contributed by atoms with Gasteiger partial charge >= 0.3 is 0 Å². The van der Waals surface area contributed by atoms with Crippen LogP contribution < -0.4 is 0 Å². The van der Waals surface area contributed by atoms with E-state index >= 15 is 8.78 Å². The van der Waals surface area contributed by atoms with Gasteiger partial charge in [0.05, 0.1) is 0 Å². The predicted molar refractivity (Wildman–Crippen MR) is 108 cm³/mol. The molecule has 0 atom stereocenters. The number of benzene rings is 4. The van der Waals surface area contributed by atoms with Crippen LogP contribution in [0.3, 0.4) is 0 Å². The van der Waals surface area contributed by atoms with E-state index in [2.05, 4.69) is 0 Å². The molecule has 0 aliphatic rings. The highest BCUT2D eigenvalue weighted by molar-refractivity contribution is 7.91. The molecule has 0 radical (unpaired) electrons. The highest BCUT2D eigenvalue weighted by atomic mass is 32.2. The van der Waals surface area contributed by atoms with Crippen LogP contribution in [0.25, 0.3) is 22.3 Å². The minimum atomic E-state index is -1.99. The van der Waals surface area contributed by atoms with Crippen LogP contribution in [0.4, 0.5) is 8.78 Å². The van der Waals surface area contributed by atoms with Gasteiger partial charge in [-0.2, -0.15) is 0 Å². The Kier molecular flexibility index (Phi) is 5.24. The molecule has 0 saturated carbocycles. The van der Waals surface area contributed by atoms with E-state index in [1.165, 1.54) is 12.1 Å². The molecule has 4 aromatic carbocycles. The van der Waals surface area contributed by atoms with E-state index in [-0.39, 0.29) is 9.79 Å². The summed E-state index contributed by atoms with van der Waals surface area (Å²) in [6.07, 6.45) is 0. The summed E-state index contributed by atoms with van der Waals surface area (Å²) in [6, 6.07) is 27.4. The molecule has 4 aromatic rings.